The van der Waals surface area contributed by atoms with E-state index in [-0.39, 0.29) is 0 Å². The maximum absolute atomic E-state index is 2.52. The number of hydrogen-bond donors (Lipinski definition) is 0. The Bertz CT molecular complexity index is 214. The van der Waals surface area contributed by atoms with Gasteiger partial charge in [0, 0.05) is 0 Å². The summed E-state index contributed by atoms with van der Waals surface area (Å²) in [5.41, 5.74) is 0.863. The van der Waals surface area contributed by atoms with Crippen molar-refractivity contribution in [2.45, 2.75) is 40.0 Å². The van der Waals surface area contributed by atoms with E-state index in [1.807, 2.05) is 0 Å². The van der Waals surface area contributed by atoms with Crippen LogP contribution in [0.1, 0.15) is 40.0 Å². The number of fused-ring (bicyclic) bond motifs is 2. The molecule has 0 amide bonds. The summed E-state index contributed by atoms with van der Waals surface area (Å²) in [4.78, 5) is 0. The third kappa shape index (κ3) is 0.592. The van der Waals surface area contributed by atoms with Gasteiger partial charge >= 0.3 is 0 Å². The first kappa shape index (κ1) is 7.41. The molecule has 68 valence electrons. The highest BCUT2D eigenvalue weighted by molar-refractivity contribution is 5.16. The van der Waals surface area contributed by atoms with E-state index in [2.05, 4.69) is 20.8 Å². The molecule has 5 unspecified atom stereocenters. The lowest BCUT2D eigenvalue weighted by Crippen LogP contribution is -2.36. The molecule has 0 aromatic rings. The molecule has 0 radical (unpaired) electrons. The highest BCUT2D eigenvalue weighted by Crippen LogP contribution is 2.74. The normalized spacial score (nSPS) is 59.8. The molecule has 0 aromatic carbocycles. The molecule has 3 rings (SSSR count). The van der Waals surface area contributed by atoms with Gasteiger partial charge in [0.2, 0.25) is 0 Å². The van der Waals surface area contributed by atoms with Gasteiger partial charge in [0.15, 0.2) is 0 Å². The highest BCUT2D eigenvalue weighted by Gasteiger charge is 2.67. The minimum absolute atomic E-state index is 0.863. The Morgan fingerprint density at radius 1 is 1.08 bits per heavy atom. The van der Waals surface area contributed by atoms with Gasteiger partial charge in [-0.05, 0) is 54.3 Å². The predicted molar refractivity (Wildman–Crippen MR) is 50.8 cm³/mol. The molecule has 0 bridgehead atoms. The Morgan fingerprint density at radius 2 is 1.75 bits per heavy atom. The molecule has 0 aliphatic heterocycles. The zero-order valence-corrected chi connectivity index (χ0v) is 8.51. The van der Waals surface area contributed by atoms with Crippen LogP contribution >= 0.6 is 0 Å². The quantitative estimate of drug-likeness (QED) is 0.515. The average molecular weight is 164 g/mol. The minimum Gasteiger partial charge on any atom is -0.0622 e. The number of rotatable bonds is 0. The second kappa shape index (κ2) is 1.91. The standard InChI is InChI=1S/C12H20/c1-7-6-10-8(2)9(3)12(4-5-12)11(7)10/h7-11H,4-6H2,1-3H3. The summed E-state index contributed by atoms with van der Waals surface area (Å²) in [6.07, 6.45) is 4.66. The molecule has 0 saturated heterocycles. The molecule has 0 aromatic heterocycles. The molecule has 3 aliphatic carbocycles. The van der Waals surface area contributed by atoms with Crippen LogP contribution in [0.4, 0.5) is 0 Å². The predicted octanol–water partition coefficient (Wildman–Crippen LogP) is 3.32. The van der Waals surface area contributed by atoms with Crippen molar-refractivity contribution in [3.05, 3.63) is 0 Å². The molecule has 0 nitrogen and oxygen atoms in total. The maximum Gasteiger partial charge on any atom is -0.0235 e. The van der Waals surface area contributed by atoms with Crippen molar-refractivity contribution < 1.29 is 0 Å². The molecule has 3 aliphatic rings. The Labute approximate surface area is 75.7 Å². The van der Waals surface area contributed by atoms with Crippen LogP contribution in [-0.4, -0.2) is 0 Å². The Kier molecular flexibility index (Phi) is 1.18. The second-order valence-corrected chi connectivity index (χ2v) is 5.78. The van der Waals surface area contributed by atoms with E-state index < -0.39 is 0 Å². The molecular formula is C12H20. The van der Waals surface area contributed by atoms with Crippen molar-refractivity contribution >= 4 is 0 Å². The van der Waals surface area contributed by atoms with Gasteiger partial charge in [-0.25, -0.2) is 0 Å². The van der Waals surface area contributed by atoms with E-state index >= 15 is 0 Å². The second-order valence-electron chi connectivity index (χ2n) is 5.78. The summed E-state index contributed by atoms with van der Waals surface area (Å²) < 4.78 is 0. The van der Waals surface area contributed by atoms with Crippen molar-refractivity contribution in [1.29, 1.82) is 0 Å². The van der Waals surface area contributed by atoms with Crippen LogP contribution in [0.5, 0.6) is 0 Å². The van der Waals surface area contributed by atoms with E-state index in [1.165, 1.54) is 6.42 Å². The van der Waals surface area contributed by atoms with Crippen molar-refractivity contribution in [3.63, 3.8) is 0 Å². The van der Waals surface area contributed by atoms with E-state index in [1.54, 1.807) is 12.8 Å². The third-order valence-corrected chi connectivity index (χ3v) is 5.58. The first-order valence-electron chi connectivity index (χ1n) is 5.67. The largest absolute Gasteiger partial charge is 0.0622 e. The fourth-order valence-electron chi connectivity index (χ4n) is 4.61. The molecule has 0 heteroatoms. The lowest BCUT2D eigenvalue weighted by Gasteiger charge is -2.43. The monoisotopic (exact) mass is 164 g/mol. The molecule has 12 heavy (non-hydrogen) atoms. The summed E-state index contributed by atoms with van der Waals surface area (Å²) in [5, 5.41) is 0. The van der Waals surface area contributed by atoms with Crippen molar-refractivity contribution in [1.82, 2.24) is 0 Å². The zero-order chi connectivity index (χ0) is 8.51. The van der Waals surface area contributed by atoms with Gasteiger partial charge in [-0.3, -0.25) is 0 Å². The maximum atomic E-state index is 2.52. The third-order valence-electron chi connectivity index (χ3n) is 5.58. The van der Waals surface area contributed by atoms with Gasteiger partial charge in [0.25, 0.3) is 0 Å². The highest BCUT2D eigenvalue weighted by atomic mass is 14.7. The van der Waals surface area contributed by atoms with Gasteiger partial charge in [0.1, 0.15) is 0 Å². The average Bonchev–Trinajstić information content (AvgIpc) is 2.75. The van der Waals surface area contributed by atoms with Crippen LogP contribution in [0, 0.1) is 35.0 Å². The molecule has 0 heterocycles. The van der Waals surface area contributed by atoms with Crippen LogP contribution in [0.3, 0.4) is 0 Å². The fraction of sp³-hybridized carbons (Fsp3) is 1.00. The summed E-state index contributed by atoms with van der Waals surface area (Å²) in [7, 11) is 0. The van der Waals surface area contributed by atoms with Crippen molar-refractivity contribution in [2.24, 2.45) is 35.0 Å². The van der Waals surface area contributed by atoms with Gasteiger partial charge in [-0.15, -0.1) is 0 Å². The smallest absolute Gasteiger partial charge is 0.0235 e. The van der Waals surface area contributed by atoms with E-state index in [0.717, 1.165) is 35.0 Å². The molecule has 3 saturated carbocycles. The van der Waals surface area contributed by atoms with Gasteiger partial charge in [0.05, 0.1) is 0 Å². The van der Waals surface area contributed by atoms with Crippen molar-refractivity contribution in [2.75, 3.05) is 0 Å². The SMILES string of the molecule is CC1CC2C(C)C(C)C3(CC3)C12. The van der Waals surface area contributed by atoms with E-state index in [4.69, 9.17) is 0 Å². The van der Waals surface area contributed by atoms with E-state index in [9.17, 15) is 0 Å². The Hall–Kier alpha value is 0. The zero-order valence-electron chi connectivity index (χ0n) is 8.51. The summed E-state index contributed by atoms with van der Waals surface area (Å²) in [6.45, 7) is 7.50. The van der Waals surface area contributed by atoms with Gasteiger partial charge in [-0.2, -0.15) is 0 Å². The molecular weight excluding hydrogens is 144 g/mol. The summed E-state index contributed by atoms with van der Waals surface area (Å²) >= 11 is 0. The van der Waals surface area contributed by atoms with E-state index in [0.29, 0.717) is 0 Å². The first-order chi connectivity index (χ1) is 5.67. The topological polar surface area (TPSA) is 0 Å². The lowest BCUT2D eigenvalue weighted by atomic mass is 9.62. The van der Waals surface area contributed by atoms with Crippen LogP contribution in [0.25, 0.3) is 0 Å². The number of hydrogen-bond acceptors (Lipinski definition) is 0. The Morgan fingerprint density at radius 3 is 2.17 bits per heavy atom. The van der Waals surface area contributed by atoms with Crippen molar-refractivity contribution in [3.8, 4) is 0 Å². The molecule has 1 spiro atoms. The summed E-state index contributed by atoms with van der Waals surface area (Å²) in [5.74, 6) is 5.40. The molecule has 3 fully saturated rings. The van der Waals surface area contributed by atoms with Crippen LogP contribution in [0.15, 0.2) is 0 Å². The summed E-state index contributed by atoms with van der Waals surface area (Å²) in [6, 6.07) is 0. The lowest BCUT2D eigenvalue weighted by molar-refractivity contribution is 0.0555. The fourth-order valence-corrected chi connectivity index (χ4v) is 4.61. The van der Waals surface area contributed by atoms with Crippen LogP contribution in [0.2, 0.25) is 0 Å². The van der Waals surface area contributed by atoms with Crippen LogP contribution in [-0.2, 0) is 0 Å². The van der Waals surface area contributed by atoms with Gasteiger partial charge < -0.3 is 0 Å². The first-order valence-corrected chi connectivity index (χ1v) is 5.67. The Balaban J connectivity index is 1.95. The molecule has 0 N–H and O–H groups in total. The minimum atomic E-state index is 0.863. The molecule has 5 atom stereocenters. The van der Waals surface area contributed by atoms with Gasteiger partial charge in [-0.1, -0.05) is 20.8 Å². The van der Waals surface area contributed by atoms with Crippen LogP contribution < -0.4 is 0 Å².